The molecule has 9 heteroatoms. The lowest BCUT2D eigenvalue weighted by atomic mass is 9.86. The highest BCUT2D eigenvalue weighted by atomic mass is 32.2. The Morgan fingerprint density at radius 3 is 1.83 bits per heavy atom. The Morgan fingerprint density at radius 2 is 1.36 bits per heavy atom. The lowest BCUT2D eigenvalue weighted by Crippen LogP contribution is -2.32. The van der Waals surface area contributed by atoms with Gasteiger partial charge in [0, 0.05) is 18.5 Å². The predicted molar refractivity (Wildman–Crippen MR) is 141 cm³/mol. The standard InChI is InChI=1S/C27H34N2O6S/c1-18(28-17-27(31)21-9-14-26(30)25(16-21)29-36(4,32)33)15-24(19-5-10-22(34-2)11-6-19)20-7-12-23(35-3)13-8-20/h5-14,16,18,24,27-31H,15,17H2,1-4H3/t18-,27?/m0/s1. The molecule has 0 bridgehead atoms. The number of phenols is 1. The van der Waals surface area contributed by atoms with E-state index in [4.69, 9.17) is 9.47 Å². The number of hydrogen-bond donors (Lipinski definition) is 4. The van der Waals surface area contributed by atoms with E-state index in [1.807, 2.05) is 24.3 Å². The molecule has 0 saturated carbocycles. The number of aliphatic hydroxyl groups excluding tert-OH is 1. The second kappa shape index (κ2) is 12.1. The van der Waals surface area contributed by atoms with Crippen molar-refractivity contribution in [2.24, 2.45) is 0 Å². The number of nitrogens with one attached hydrogen (secondary N) is 2. The molecule has 0 aromatic heterocycles. The Balaban J connectivity index is 1.72. The van der Waals surface area contributed by atoms with Crippen LogP contribution >= 0.6 is 0 Å². The number of aromatic hydroxyl groups is 1. The second-order valence-electron chi connectivity index (χ2n) is 8.81. The number of anilines is 1. The topological polar surface area (TPSA) is 117 Å². The van der Waals surface area contributed by atoms with Crippen LogP contribution in [0.15, 0.2) is 66.7 Å². The van der Waals surface area contributed by atoms with Gasteiger partial charge < -0.3 is 25.0 Å². The summed E-state index contributed by atoms with van der Waals surface area (Å²) in [6.45, 7) is 2.31. The molecule has 0 aliphatic heterocycles. The van der Waals surface area contributed by atoms with Crippen molar-refractivity contribution in [1.29, 1.82) is 0 Å². The molecule has 3 aromatic carbocycles. The van der Waals surface area contributed by atoms with Crippen LogP contribution in [0, 0.1) is 0 Å². The highest BCUT2D eigenvalue weighted by Crippen LogP contribution is 2.32. The molecule has 194 valence electrons. The Morgan fingerprint density at radius 1 is 0.861 bits per heavy atom. The molecule has 1 unspecified atom stereocenters. The maximum atomic E-state index is 11.5. The Labute approximate surface area is 213 Å². The predicted octanol–water partition coefficient (Wildman–Crippen LogP) is 4.01. The number of methoxy groups -OCH3 is 2. The number of ether oxygens (including phenoxy) is 2. The molecule has 0 amide bonds. The summed E-state index contributed by atoms with van der Waals surface area (Å²) in [4.78, 5) is 0. The summed E-state index contributed by atoms with van der Waals surface area (Å²) in [5, 5.41) is 24.0. The van der Waals surface area contributed by atoms with E-state index in [1.165, 1.54) is 12.1 Å². The molecular weight excluding hydrogens is 480 g/mol. The van der Waals surface area contributed by atoms with Crippen LogP contribution in [0.25, 0.3) is 0 Å². The Bertz CT molecular complexity index is 1180. The van der Waals surface area contributed by atoms with E-state index in [2.05, 4.69) is 41.2 Å². The van der Waals surface area contributed by atoms with Gasteiger partial charge in [0.05, 0.1) is 32.3 Å². The van der Waals surface area contributed by atoms with Gasteiger partial charge in [-0.05, 0) is 66.4 Å². The number of phenolic OH excluding ortho intramolecular Hbond substituents is 1. The lowest BCUT2D eigenvalue weighted by Gasteiger charge is -2.24. The highest BCUT2D eigenvalue weighted by Gasteiger charge is 2.20. The van der Waals surface area contributed by atoms with E-state index < -0.39 is 16.1 Å². The van der Waals surface area contributed by atoms with Crippen LogP contribution in [0.2, 0.25) is 0 Å². The summed E-state index contributed by atoms with van der Waals surface area (Å²) in [6.07, 6.45) is 0.872. The molecule has 0 fully saturated rings. The first-order valence-corrected chi connectivity index (χ1v) is 13.5. The van der Waals surface area contributed by atoms with Crippen molar-refractivity contribution in [3.8, 4) is 17.2 Å². The molecule has 3 aromatic rings. The average Bonchev–Trinajstić information content (AvgIpc) is 2.86. The van der Waals surface area contributed by atoms with E-state index in [1.54, 1.807) is 20.3 Å². The number of rotatable bonds is 12. The summed E-state index contributed by atoms with van der Waals surface area (Å²) in [5.41, 5.74) is 2.80. The van der Waals surface area contributed by atoms with Crippen molar-refractivity contribution in [2.75, 3.05) is 31.7 Å². The first-order valence-electron chi connectivity index (χ1n) is 11.6. The van der Waals surface area contributed by atoms with Crippen molar-refractivity contribution in [3.05, 3.63) is 83.4 Å². The zero-order valence-corrected chi connectivity index (χ0v) is 21.7. The van der Waals surface area contributed by atoms with Crippen molar-refractivity contribution >= 4 is 15.7 Å². The second-order valence-corrected chi connectivity index (χ2v) is 10.6. The van der Waals surface area contributed by atoms with Gasteiger partial charge in [-0.25, -0.2) is 8.42 Å². The van der Waals surface area contributed by atoms with Gasteiger partial charge in [0.25, 0.3) is 0 Å². The van der Waals surface area contributed by atoms with Crippen LogP contribution in [0.4, 0.5) is 5.69 Å². The average molecular weight is 515 g/mol. The first kappa shape index (κ1) is 27.3. The minimum atomic E-state index is -3.57. The highest BCUT2D eigenvalue weighted by molar-refractivity contribution is 7.92. The summed E-state index contributed by atoms with van der Waals surface area (Å²) >= 11 is 0. The molecule has 3 rings (SSSR count). The third-order valence-corrected chi connectivity index (χ3v) is 6.58. The van der Waals surface area contributed by atoms with Crippen LogP contribution in [-0.4, -0.2) is 51.7 Å². The van der Waals surface area contributed by atoms with Crippen LogP contribution in [-0.2, 0) is 10.0 Å². The molecule has 36 heavy (non-hydrogen) atoms. The molecule has 0 saturated heterocycles. The zero-order chi connectivity index (χ0) is 26.3. The molecule has 4 N–H and O–H groups in total. The monoisotopic (exact) mass is 514 g/mol. The zero-order valence-electron chi connectivity index (χ0n) is 20.9. The summed E-state index contributed by atoms with van der Waals surface area (Å²) in [5.74, 6) is 1.47. The van der Waals surface area contributed by atoms with Crippen molar-refractivity contribution in [1.82, 2.24) is 5.32 Å². The maximum Gasteiger partial charge on any atom is 0.229 e. The van der Waals surface area contributed by atoms with Crippen LogP contribution in [0.5, 0.6) is 17.2 Å². The van der Waals surface area contributed by atoms with Crippen LogP contribution in [0.1, 0.15) is 42.1 Å². The van der Waals surface area contributed by atoms with Gasteiger partial charge in [0.15, 0.2) is 0 Å². The third-order valence-electron chi connectivity index (χ3n) is 5.99. The van der Waals surface area contributed by atoms with Gasteiger partial charge >= 0.3 is 0 Å². The fourth-order valence-electron chi connectivity index (χ4n) is 4.05. The van der Waals surface area contributed by atoms with Crippen molar-refractivity contribution in [3.63, 3.8) is 0 Å². The SMILES string of the molecule is COc1ccc(C(C[C@H](C)NCC(O)c2ccc(O)c(NS(C)(=O)=O)c2)c2ccc(OC)cc2)cc1. The first-order chi connectivity index (χ1) is 17.1. The van der Waals surface area contributed by atoms with E-state index in [0.29, 0.717) is 5.56 Å². The molecule has 0 aliphatic carbocycles. The molecule has 8 nitrogen and oxygen atoms in total. The minimum Gasteiger partial charge on any atom is -0.506 e. The van der Waals surface area contributed by atoms with Gasteiger partial charge in [-0.15, -0.1) is 0 Å². The number of aliphatic hydroxyl groups is 1. The third kappa shape index (κ3) is 7.61. The molecular formula is C27H34N2O6S. The van der Waals surface area contributed by atoms with Crippen LogP contribution < -0.4 is 19.5 Å². The number of hydrogen-bond acceptors (Lipinski definition) is 7. The van der Waals surface area contributed by atoms with Crippen molar-refractivity contribution < 1.29 is 28.1 Å². The van der Waals surface area contributed by atoms with E-state index in [0.717, 1.165) is 35.3 Å². The van der Waals surface area contributed by atoms with Gasteiger partial charge in [-0.2, -0.15) is 0 Å². The normalized spacial score (nSPS) is 13.3. The fourth-order valence-corrected chi connectivity index (χ4v) is 4.61. The van der Waals surface area contributed by atoms with Gasteiger partial charge in [-0.3, -0.25) is 4.72 Å². The summed E-state index contributed by atoms with van der Waals surface area (Å²) in [6, 6.07) is 20.4. The van der Waals surface area contributed by atoms with E-state index in [9.17, 15) is 18.6 Å². The minimum absolute atomic E-state index is 0.0289. The maximum absolute atomic E-state index is 11.5. The summed E-state index contributed by atoms with van der Waals surface area (Å²) < 4.78 is 36.0. The van der Waals surface area contributed by atoms with E-state index in [-0.39, 0.29) is 29.9 Å². The quantitative estimate of drug-likeness (QED) is 0.270. The van der Waals surface area contributed by atoms with Gasteiger partial charge in [0.2, 0.25) is 10.0 Å². The number of benzene rings is 3. The smallest absolute Gasteiger partial charge is 0.229 e. The summed E-state index contributed by atoms with van der Waals surface area (Å²) in [7, 11) is -0.285. The largest absolute Gasteiger partial charge is 0.506 e. The van der Waals surface area contributed by atoms with Crippen molar-refractivity contribution in [2.45, 2.75) is 31.4 Å². The molecule has 0 spiro atoms. The molecule has 2 atom stereocenters. The van der Waals surface area contributed by atoms with Crippen LogP contribution in [0.3, 0.4) is 0 Å². The van der Waals surface area contributed by atoms with E-state index >= 15 is 0 Å². The number of sulfonamides is 1. The Hall–Kier alpha value is -3.27. The molecule has 0 heterocycles. The molecule has 0 aliphatic rings. The van der Waals surface area contributed by atoms with Gasteiger partial charge in [0.1, 0.15) is 17.2 Å². The van der Waals surface area contributed by atoms with Gasteiger partial charge in [-0.1, -0.05) is 30.3 Å². The molecule has 0 radical (unpaired) electrons. The Kier molecular flexibility index (Phi) is 9.19. The fraction of sp³-hybridized carbons (Fsp3) is 0.333. The lowest BCUT2D eigenvalue weighted by molar-refractivity contribution is 0.169.